The Kier molecular flexibility index (Phi) is 5.52. The van der Waals surface area contributed by atoms with Crippen molar-refractivity contribution in [3.8, 4) is 0 Å². The van der Waals surface area contributed by atoms with Gasteiger partial charge in [-0.15, -0.1) is 0 Å². The van der Waals surface area contributed by atoms with Crippen LogP contribution in [-0.4, -0.2) is 18.5 Å². The Morgan fingerprint density at radius 1 is 1.12 bits per heavy atom. The summed E-state index contributed by atoms with van der Waals surface area (Å²) in [7, 11) is 0. The Balaban J connectivity index is 1.58. The van der Waals surface area contributed by atoms with Crippen molar-refractivity contribution in [2.24, 2.45) is 5.92 Å². The zero-order chi connectivity index (χ0) is 16.9. The van der Waals surface area contributed by atoms with Crippen LogP contribution in [0.15, 0.2) is 42.5 Å². The van der Waals surface area contributed by atoms with Crippen molar-refractivity contribution in [1.82, 2.24) is 10.6 Å². The van der Waals surface area contributed by atoms with Gasteiger partial charge in [0.25, 0.3) is 0 Å². The van der Waals surface area contributed by atoms with Crippen LogP contribution in [0.25, 0.3) is 10.8 Å². The van der Waals surface area contributed by atoms with Gasteiger partial charge >= 0.3 is 0 Å². The van der Waals surface area contributed by atoms with E-state index in [-0.39, 0.29) is 11.9 Å². The van der Waals surface area contributed by atoms with Crippen molar-refractivity contribution in [3.05, 3.63) is 48.0 Å². The molecule has 1 fully saturated rings. The van der Waals surface area contributed by atoms with Crippen LogP contribution in [0.2, 0.25) is 0 Å². The lowest BCUT2D eigenvalue weighted by molar-refractivity contribution is -0.121. The normalized spacial score (nSPS) is 22.2. The number of hydrogen-bond acceptors (Lipinski definition) is 2. The number of carbonyl (C=O) groups excluding carboxylic acids is 1. The van der Waals surface area contributed by atoms with E-state index in [0.717, 1.165) is 6.42 Å². The minimum absolute atomic E-state index is 0.112. The second-order valence-corrected chi connectivity index (χ2v) is 7.11. The molecule has 0 unspecified atom stereocenters. The quantitative estimate of drug-likeness (QED) is 0.866. The molecule has 1 aliphatic carbocycles. The molecule has 2 aromatic carbocycles. The lowest BCUT2D eigenvalue weighted by Gasteiger charge is -2.29. The van der Waals surface area contributed by atoms with Gasteiger partial charge in [-0.1, -0.05) is 62.2 Å². The molecule has 2 N–H and O–H groups in total. The van der Waals surface area contributed by atoms with Crippen LogP contribution in [-0.2, 0) is 4.79 Å². The van der Waals surface area contributed by atoms with E-state index in [2.05, 4.69) is 66.9 Å². The highest BCUT2D eigenvalue weighted by molar-refractivity contribution is 5.86. The molecule has 0 saturated heterocycles. The Hall–Kier alpha value is -1.87. The van der Waals surface area contributed by atoms with Gasteiger partial charge in [0.15, 0.2) is 0 Å². The van der Waals surface area contributed by atoms with Crippen molar-refractivity contribution in [2.45, 2.75) is 51.6 Å². The summed E-state index contributed by atoms with van der Waals surface area (Å²) in [6.07, 6.45) is 4.87. The molecule has 2 aromatic rings. The van der Waals surface area contributed by atoms with E-state index in [0.29, 0.717) is 18.5 Å². The van der Waals surface area contributed by atoms with Crippen molar-refractivity contribution in [2.75, 3.05) is 6.54 Å². The number of fused-ring (bicyclic) bond motifs is 1. The largest absolute Gasteiger partial charge is 0.352 e. The van der Waals surface area contributed by atoms with Crippen LogP contribution in [0.4, 0.5) is 0 Å². The topological polar surface area (TPSA) is 41.1 Å². The highest BCUT2D eigenvalue weighted by Gasteiger charge is 2.22. The number of amides is 1. The first kappa shape index (κ1) is 17.0. The van der Waals surface area contributed by atoms with Crippen LogP contribution < -0.4 is 10.6 Å². The van der Waals surface area contributed by atoms with E-state index in [1.807, 2.05) is 0 Å². The molecule has 1 aliphatic rings. The Labute approximate surface area is 144 Å². The smallest absolute Gasteiger partial charge is 0.234 e. The average Bonchev–Trinajstić information content (AvgIpc) is 2.61. The predicted octanol–water partition coefficient (Wildman–Crippen LogP) is 4.19. The molecule has 1 amide bonds. The first-order valence-electron chi connectivity index (χ1n) is 9.15. The molecule has 0 bridgehead atoms. The maximum atomic E-state index is 12.3. The predicted molar refractivity (Wildman–Crippen MR) is 99.9 cm³/mol. The average molecular weight is 324 g/mol. The lowest BCUT2D eigenvalue weighted by Crippen LogP contribution is -2.45. The molecule has 128 valence electrons. The van der Waals surface area contributed by atoms with Crippen molar-refractivity contribution in [1.29, 1.82) is 0 Å². The van der Waals surface area contributed by atoms with Crippen molar-refractivity contribution >= 4 is 16.7 Å². The van der Waals surface area contributed by atoms with Crippen LogP contribution >= 0.6 is 0 Å². The minimum atomic E-state index is 0.112. The fourth-order valence-electron chi connectivity index (χ4n) is 3.77. The maximum absolute atomic E-state index is 12.3. The molecular formula is C21H28N2O. The fraction of sp³-hybridized carbons (Fsp3) is 0.476. The van der Waals surface area contributed by atoms with Gasteiger partial charge in [0.05, 0.1) is 6.54 Å². The van der Waals surface area contributed by atoms with E-state index in [1.54, 1.807) is 0 Å². The molecule has 3 rings (SSSR count). The molecule has 0 spiro atoms. The van der Waals surface area contributed by atoms with E-state index in [4.69, 9.17) is 0 Å². The second-order valence-electron chi connectivity index (χ2n) is 7.11. The highest BCUT2D eigenvalue weighted by Crippen LogP contribution is 2.25. The monoisotopic (exact) mass is 324 g/mol. The molecule has 3 atom stereocenters. The molecular weight excluding hydrogens is 296 g/mol. The number of hydrogen-bond donors (Lipinski definition) is 2. The molecule has 0 radical (unpaired) electrons. The molecule has 1 saturated carbocycles. The summed E-state index contributed by atoms with van der Waals surface area (Å²) in [5.41, 5.74) is 1.24. The minimum Gasteiger partial charge on any atom is -0.352 e. The fourth-order valence-corrected chi connectivity index (χ4v) is 3.77. The molecule has 0 aliphatic heterocycles. The van der Waals surface area contributed by atoms with E-state index in [9.17, 15) is 4.79 Å². The first-order chi connectivity index (χ1) is 11.6. The van der Waals surface area contributed by atoms with Crippen LogP contribution in [0.3, 0.4) is 0 Å². The van der Waals surface area contributed by atoms with Gasteiger partial charge in [0.1, 0.15) is 0 Å². The van der Waals surface area contributed by atoms with Crippen LogP contribution in [0.1, 0.15) is 51.1 Å². The third kappa shape index (κ3) is 3.96. The van der Waals surface area contributed by atoms with Gasteiger partial charge in [-0.25, -0.2) is 0 Å². The van der Waals surface area contributed by atoms with Gasteiger partial charge in [0, 0.05) is 12.1 Å². The van der Waals surface area contributed by atoms with Crippen molar-refractivity contribution in [3.63, 3.8) is 0 Å². The van der Waals surface area contributed by atoms with Crippen LogP contribution in [0, 0.1) is 5.92 Å². The number of carbonyl (C=O) groups is 1. The molecule has 0 aromatic heterocycles. The summed E-state index contributed by atoms with van der Waals surface area (Å²) in [4.78, 5) is 12.3. The Bertz CT molecular complexity index is 692. The van der Waals surface area contributed by atoms with Gasteiger partial charge in [-0.3, -0.25) is 4.79 Å². The van der Waals surface area contributed by atoms with E-state index in [1.165, 1.54) is 35.6 Å². The Morgan fingerprint density at radius 2 is 1.88 bits per heavy atom. The molecule has 24 heavy (non-hydrogen) atoms. The second kappa shape index (κ2) is 7.80. The zero-order valence-electron chi connectivity index (χ0n) is 14.7. The number of nitrogens with one attached hydrogen (secondary N) is 2. The van der Waals surface area contributed by atoms with Crippen LogP contribution in [0.5, 0.6) is 0 Å². The van der Waals surface area contributed by atoms with Gasteiger partial charge < -0.3 is 10.6 Å². The summed E-state index contributed by atoms with van der Waals surface area (Å²) in [6, 6.07) is 15.2. The summed E-state index contributed by atoms with van der Waals surface area (Å²) in [6.45, 7) is 4.74. The van der Waals surface area contributed by atoms with E-state index >= 15 is 0 Å². The third-order valence-corrected chi connectivity index (χ3v) is 5.32. The summed E-state index contributed by atoms with van der Waals surface area (Å²) < 4.78 is 0. The standard InChI is InChI=1S/C21H28N2O/c1-15-8-3-6-13-20(15)23-21(24)14-22-16(2)18-12-7-10-17-9-4-5-11-19(17)18/h4-5,7,9-12,15-16,20,22H,3,6,8,13-14H2,1-2H3,(H,23,24)/t15-,16-,20+/m0/s1. The summed E-state index contributed by atoms with van der Waals surface area (Å²) in [5, 5.41) is 9.09. The van der Waals surface area contributed by atoms with E-state index < -0.39 is 0 Å². The molecule has 3 nitrogen and oxygen atoms in total. The number of rotatable bonds is 5. The SMILES string of the molecule is C[C@H](NCC(=O)N[C@@H]1CCCC[C@@H]1C)c1cccc2ccccc12. The summed E-state index contributed by atoms with van der Waals surface area (Å²) in [5.74, 6) is 0.707. The van der Waals surface area contributed by atoms with Crippen molar-refractivity contribution < 1.29 is 4.79 Å². The molecule has 3 heteroatoms. The van der Waals surface area contributed by atoms with Gasteiger partial charge in [-0.05, 0) is 42.0 Å². The number of benzene rings is 2. The first-order valence-corrected chi connectivity index (χ1v) is 9.15. The van der Waals surface area contributed by atoms with Gasteiger partial charge in [-0.2, -0.15) is 0 Å². The highest BCUT2D eigenvalue weighted by atomic mass is 16.2. The lowest BCUT2D eigenvalue weighted by atomic mass is 9.86. The molecule has 0 heterocycles. The third-order valence-electron chi connectivity index (χ3n) is 5.32. The van der Waals surface area contributed by atoms with Gasteiger partial charge in [0.2, 0.25) is 5.91 Å². The summed E-state index contributed by atoms with van der Waals surface area (Å²) >= 11 is 0. The maximum Gasteiger partial charge on any atom is 0.234 e. The zero-order valence-corrected chi connectivity index (χ0v) is 14.7. The Morgan fingerprint density at radius 3 is 2.71 bits per heavy atom.